The number of carbonyl (C=O) groups is 2. The molecule has 0 saturated heterocycles. The van der Waals surface area contributed by atoms with Gasteiger partial charge in [0.2, 0.25) is 0 Å². The minimum absolute atomic E-state index is 0.318. The number of amides is 2. The van der Waals surface area contributed by atoms with Gasteiger partial charge in [-0.3, -0.25) is 9.59 Å². The predicted molar refractivity (Wildman–Crippen MR) is 214 cm³/mol. The fourth-order valence-electron chi connectivity index (χ4n) is 8.07. The monoisotopic (exact) mass is 672 g/mol. The van der Waals surface area contributed by atoms with Crippen LogP contribution in [0.4, 0.5) is 5.69 Å². The fourth-order valence-corrected chi connectivity index (χ4v) is 8.07. The van der Waals surface area contributed by atoms with Crippen LogP contribution in [-0.2, 0) is 0 Å². The second-order valence-corrected chi connectivity index (χ2v) is 14.1. The third-order valence-electron chi connectivity index (χ3n) is 10.2. The molecule has 0 atom stereocenters. The highest BCUT2D eigenvalue weighted by molar-refractivity contribution is 6.36. The van der Waals surface area contributed by atoms with Gasteiger partial charge in [0.1, 0.15) is 0 Å². The van der Waals surface area contributed by atoms with E-state index in [1.165, 1.54) is 38.3 Å². The quantitative estimate of drug-likeness (QED) is 0.171. The first-order valence-electron chi connectivity index (χ1n) is 17.7. The molecule has 1 aliphatic heterocycles. The van der Waals surface area contributed by atoms with Crippen molar-refractivity contribution in [2.45, 2.75) is 27.7 Å². The van der Waals surface area contributed by atoms with Gasteiger partial charge in [-0.1, -0.05) is 119 Å². The molecule has 0 radical (unpaired) electrons. The number of rotatable bonds is 5. The van der Waals surface area contributed by atoms with Crippen molar-refractivity contribution in [2.24, 2.45) is 0 Å². The number of nitrogens with zero attached hydrogens (tertiary/aromatic N) is 2. The van der Waals surface area contributed by atoms with Crippen LogP contribution in [0.15, 0.2) is 146 Å². The molecule has 2 heterocycles. The van der Waals surface area contributed by atoms with Crippen molar-refractivity contribution in [3.8, 4) is 39.1 Å². The number of hydrogen-bond donors (Lipinski definition) is 0. The lowest BCUT2D eigenvalue weighted by molar-refractivity contribution is 0.0926. The van der Waals surface area contributed by atoms with Crippen molar-refractivity contribution in [1.29, 1.82) is 0 Å². The van der Waals surface area contributed by atoms with E-state index in [0.29, 0.717) is 22.5 Å². The summed E-state index contributed by atoms with van der Waals surface area (Å²) in [5, 5.41) is 2.17. The molecule has 0 N–H and O–H groups in total. The van der Waals surface area contributed by atoms with Crippen LogP contribution in [-0.4, -0.2) is 16.4 Å². The Hall–Kier alpha value is -6.52. The number of anilines is 1. The molecule has 7 aromatic carbocycles. The summed E-state index contributed by atoms with van der Waals surface area (Å²) in [6, 6.07) is 49.7. The van der Waals surface area contributed by atoms with Crippen molar-refractivity contribution < 1.29 is 9.59 Å². The number of aromatic nitrogens is 1. The number of fused-ring (bicyclic) bond motifs is 4. The Morgan fingerprint density at radius 1 is 0.404 bits per heavy atom. The van der Waals surface area contributed by atoms with Gasteiger partial charge in [-0.2, -0.15) is 0 Å². The smallest absolute Gasteiger partial charge is 0.268 e. The van der Waals surface area contributed by atoms with Crippen LogP contribution in [0.3, 0.4) is 0 Å². The molecular formula is C48H36N2O2. The SMILES string of the molecule is Cc1cc(C)cc(-c2ccc3c(c2)c2cc(-c4cc(C)cc(C)c4)ccc2n3-c2cccc3c2C(=O)N(c2cccc(-c4ccccc4)c2)C3=O)c1. The molecule has 1 aliphatic rings. The van der Waals surface area contributed by atoms with Gasteiger partial charge in [0.15, 0.2) is 0 Å². The molecule has 8 aromatic rings. The maximum atomic E-state index is 14.5. The Bertz CT molecular complexity index is 2620. The first kappa shape index (κ1) is 31.5. The first-order valence-corrected chi connectivity index (χ1v) is 17.7. The molecule has 0 unspecified atom stereocenters. The summed E-state index contributed by atoms with van der Waals surface area (Å²) in [4.78, 5) is 30.0. The number of benzene rings is 7. The lowest BCUT2D eigenvalue weighted by Crippen LogP contribution is -2.29. The molecule has 0 spiro atoms. The zero-order chi connectivity index (χ0) is 35.7. The maximum absolute atomic E-state index is 14.5. The highest BCUT2D eigenvalue weighted by atomic mass is 16.2. The summed E-state index contributed by atoms with van der Waals surface area (Å²) < 4.78 is 2.16. The van der Waals surface area contributed by atoms with Crippen molar-refractivity contribution in [3.05, 3.63) is 179 Å². The Morgan fingerprint density at radius 2 is 0.923 bits per heavy atom. The van der Waals surface area contributed by atoms with Gasteiger partial charge in [0.05, 0.1) is 33.5 Å². The van der Waals surface area contributed by atoms with E-state index in [-0.39, 0.29) is 11.8 Å². The van der Waals surface area contributed by atoms with Crippen LogP contribution < -0.4 is 4.90 Å². The van der Waals surface area contributed by atoms with Crippen LogP contribution in [0.1, 0.15) is 43.0 Å². The van der Waals surface area contributed by atoms with Gasteiger partial charge in [-0.05, 0) is 110 Å². The number of hydrogen-bond acceptors (Lipinski definition) is 2. The predicted octanol–water partition coefficient (Wildman–Crippen LogP) is 11.8. The lowest BCUT2D eigenvalue weighted by atomic mass is 9.97. The second kappa shape index (κ2) is 12.1. The molecular weight excluding hydrogens is 637 g/mol. The van der Waals surface area contributed by atoms with Gasteiger partial charge >= 0.3 is 0 Å². The lowest BCUT2D eigenvalue weighted by Gasteiger charge is -2.16. The molecule has 9 rings (SSSR count). The van der Waals surface area contributed by atoms with Gasteiger partial charge in [0, 0.05) is 10.8 Å². The minimum Gasteiger partial charge on any atom is -0.308 e. The maximum Gasteiger partial charge on any atom is 0.268 e. The van der Waals surface area contributed by atoms with Crippen molar-refractivity contribution in [2.75, 3.05) is 4.90 Å². The van der Waals surface area contributed by atoms with E-state index in [1.54, 1.807) is 6.07 Å². The summed E-state index contributed by atoms with van der Waals surface area (Å²) in [7, 11) is 0. The molecule has 0 bridgehead atoms. The van der Waals surface area contributed by atoms with Gasteiger partial charge in [0.25, 0.3) is 11.8 Å². The molecule has 4 heteroatoms. The largest absolute Gasteiger partial charge is 0.308 e. The van der Waals surface area contributed by atoms with E-state index >= 15 is 0 Å². The van der Waals surface area contributed by atoms with Gasteiger partial charge in [-0.15, -0.1) is 0 Å². The summed E-state index contributed by atoms with van der Waals surface area (Å²) in [6.45, 7) is 8.53. The zero-order valence-corrected chi connectivity index (χ0v) is 29.6. The highest BCUT2D eigenvalue weighted by Crippen LogP contribution is 2.41. The molecule has 250 valence electrons. The van der Waals surface area contributed by atoms with Crippen molar-refractivity contribution in [1.82, 2.24) is 4.57 Å². The Balaban J connectivity index is 1.25. The normalized spacial score (nSPS) is 12.7. The van der Waals surface area contributed by atoms with E-state index in [9.17, 15) is 9.59 Å². The van der Waals surface area contributed by atoms with E-state index in [0.717, 1.165) is 44.1 Å². The summed E-state index contributed by atoms with van der Waals surface area (Å²) in [5.74, 6) is -0.642. The number of aryl methyl sites for hydroxylation is 4. The Morgan fingerprint density at radius 3 is 1.50 bits per heavy atom. The third-order valence-corrected chi connectivity index (χ3v) is 10.2. The average Bonchev–Trinajstić information content (AvgIpc) is 3.60. The van der Waals surface area contributed by atoms with E-state index in [1.807, 2.05) is 66.7 Å². The van der Waals surface area contributed by atoms with Crippen LogP contribution in [0.2, 0.25) is 0 Å². The van der Waals surface area contributed by atoms with Crippen LogP contribution in [0, 0.1) is 27.7 Å². The van der Waals surface area contributed by atoms with Gasteiger partial charge < -0.3 is 4.57 Å². The second-order valence-electron chi connectivity index (χ2n) is 14.1. The minimum atomic E-state index is -0.325. The summed E-state index contributed by atoms with van der Waals surface area (Å²) in [5.41, 5.74) is 15.4. The molecule has 0 saturated carbocycles. The molecule has 0 aliphatic carbocycles. The van der Waals surface area contributed by atoms with Crippen LogP contribution in [0.5, 0.6) is 0 Å². The van der Waals surface area contributed by atoms with E-state index in [2.05, 4.69) is 105 Å². The molecule has 4 nitrogen and oxygen atoms in total. The topological polar surface area (TPSA) is 42.3 Å². The summed E-state index contributed by atoms with van der Waals surface area (Å²) in [6.07, 6.45) is 0. The van der Waals surface area contributed by atoms with Gasteiger partial charge in [-0.25, -0.2) is 4.90 Å². The van der Waals surface area contributed by atoms with Crippen LogP contribution in [0.25, 0.3) is 60.9 Å². The highest BCUT2D eigenvalue weighted by Gasteiger charge is 2.39. The van der Waals surface area contributed by atoms with E-state index < -0.39 is 0 Å². The zero-order valence-electron chi connectivity index (χ0n) is 29.6. The Kier molecular flexibility index (Phi) is 7.30. The standard InChI is InChI=1S/C48H36N2O2/c1-29-20-30(2)23-37(22-29)35-16-18-43-41(27-35)42-28-36(38-24-31(3)21-32(4)25-38)17-19-44(42)50(43)45-15-9-14-40-46(45)48(52)49(47(40)51)39-13-8-12-34(26-39)33-10-6-5-7-11-33/h5-28H,1-4H3. The first-order chi connectivity index (χ1) is 25.2. The number of carbonyl (C=O) groups excluding carboxylic acids is 2. The molecule has 2 amide bonds. The summed E-state index contributed by atoms with van der Waals surface area (Å²) >= 11 is 0. The van der Waals surface area contributed by atoms with Crippen molar-refractivity contribution in [3.63, 3.8) is 0 Å². The van der Waals surface area contributed by atoms with Crippen molar-refractivity contribution >= 4 is 39.3 Å². The number of imide groups is 1. The molecule has 0 fully saturated rings. The fraction of sp³-hybridized carbons (Fsp3) is 0.0833. The Labute approximate surface area is 303 Å². The average molecular weight is 673 g/mol. The molecule has 1 aromatic heterocycles. The third kappa shape index (κ3) is 5.15. The van der Waals surface area contributed by atoms with Crippen LogP contribution >= 0.6 is 0 Å². The van der Waals surface area contributed by atoms with E-state index in [4.69, 9.17) is 0 Å². The molecule has 52 heavy (non-hydrogen) atoms.